The molecule has 1 aromatic rings. The summed E-state index contributed by atoms with van der Waals surface area (Å²) in [4.78, 5) is 0. The van der Waals surface area contributed by atoms with E-state index in [9.17, 15) is 13.2 Å². The minimum absolute atomic E-state index is 0.191. The van der Waals surface area contributed by atoms with E-state index in [0.717, 1.165) is 0 Å². The van der Waals surface area contributed by atoms with Crippen LogP contribution in [0.5, 0.6) is 0 Å². The lowest BCUT2D eigenvalue weighted by Crippen LogP contribution is -2.17. The van der Waals surface area contributed by atoms with Gasteiger partial charge >= 0.3 is 0 Å². The lowest BCUT2D eigenvalue weighted by Gasteiger charge is -2.21. The van der Waals surface area contributed by atoms with Gasteiger partial charge in [0.15, 0.2) is 5.82 Å². The number of hydrogen-bond donors (Lipinski definition) is 0. The minimum Gasteiger partial charge on any atom is -0.206 e. The van der Waals surface area contributed by atoms with Crippen molar-refractivity contribution in [2.75, 3.05) is 0 Å². The normalized spacial score (nSPS) is 11.9. The molecule has 0 spiro atoms. The maximum atomic E-state index is 13.4. The van der Waals surface area contributed by atoms with E-state index >= 15 is 0 Å². The molecule has 0 amide bonds. The summed E-state index contributed by atoms with van der Waals surface area (Å²) in [6.07, 6.45) is 0. The van der Waals surface area contributed by atoms with Crippen LogP contribution in [0, 0.1) is 17.5 Å². The molecule has 0 aliphatic rings. The van der Waals surface area contributed by atoms with Gasteiger partial charge in [-0.2, -0.15) is 0 Å². The van der Waals surface area contributed by atoms with Gasteiger partial charge in [-0.15, -0.1) is 0 Å². The van der Waals surface area contributed by atoms with Crippen molar-refractivity contribution in [2.24, 2.45) is 0 Å². The molecule has 0 aliphatic carbocycles. The van der Waals surface area contributed by atoms with Gasteiger partial charge in [-0.05, 0) is 5.41 Å². The molecule has 0 nitrogen and oxygen atoms in total. The van der Waals surface area contributed by atoms with E-state index in [4.69, 9.17) is 11.6 Å². The SMILES string of the molecule is CC(C)(C)c1c(F)cc(F)c(Cl)c1F. The van der Waals surface area contributed by atoms with Gasteiger partial charge in [0.05, 0.1) is 0 Å². The van der Waals surface area contributed by atoms with Crippen molar-refractivity contribution in [2.45, 2.75) is 26.2 Å². The van der Waals surface area contributed by atoms with E-state index in [1.54, 1.807) is 20.8 Å². The van der Waals surface area contributed by atoms with Crippen LogP contribution in [0.3, 0.4) is 0 Å². The van der Waals surface area contributed by atoms with E-state index in [1.165, 1.54) is 0 Å². The smallest absolute Gasteiger partial charge is 0.151 e. The average Bonchev–Trinajstić information content (AvgIpc) is 1.97. The van der Waals surface area contributed by atoms with Crippen LogP contribution in [-0.4, -0.2) is 0 Å². The van der Waals surface area contributed by atoms with Gasteiger partial charge in [-0.1, -0.05) is 32.4 Å². The summed E-state index contributed by atoms with van der Waals surface area (Å²) in [5.41, 5.74) is -0.935. The maximum Gasteiger partial charge on any atom is 0.151 e. The monoisotopic (exact) mass is 222 g/mol. The van der Waals surface area contributed by atoms with Crippen LogP contribution in [0.25, 0.3) is 0 Å². The highest BCUT2D eigenvalue weighted by molar-refractivity contribution is 6.31. The van der Waals surface area contributed by atoms with E-state index in [-0.39, 0.29) is 5.56 Å². The molecule has 0 saturated heterocycles. The summed E-state index contributed by atoms with van der Waals surface area (Å²) in [5.74, 6) is -3.00. The van der Waals surface area contributed by atoms with Crippen LogP contribution in [0.15, 0.2) is 6.07 Å². The summed E-state index contributed by atoms with van der Waals surface area (Å²) in [5, 5.41) is -0.656. The predicted molar refractivity (Wildman–Crippen MR) is 50.0 cm³/mol. The Hall–Kier alpha value is -0.700. The Morgan fingerprint density at radius 1 is 1.07 bits per heavy atom. The van der Waals surface area contributed by atoms with Gasteiger partial charge in [0.2, 0.25) is 0 Å². The molecule has 0 bridgehead atoms. The van der Waals surface area contributed by atoms with Gasteiger partial charge in [0.1, 0.15) is 16.7 Å². The van der Waals surface area contributed by atoms with Gasteiger partial charge in [0, 0.05) is 11.6 Å². The molecule has 0 saturated carbocycles. The first kappa shape index (κ1) is 11.4. The van der Waals surface area contributed by atoms with Crippen LogP contribution in [0.1, 0.15) is 26.3 Å². The van der Waals surface area contributed by atoms with Gasteiger partial charge in [-0.25, -0.2) is 13.2 Å². The molecular formula is C10H10ClF3. The zero-order chi connectivity index (χ0) is 11.1. The van der Waals surface area contributed by atoms with E-state index in [1.807, 2.05) is 0 Å². The summed E-state index contributed by atoms with van der Waals surface area (Å²) in [7, 11) is 0. The second-order valence-electron chi connectivity index (χ2n) is 4.09. The fourth-order valence-corrected chi connectivity index (χ4v) is 1.40. The van der Waals surface area contributed by atoms with Crippen molar-refractivity contribution in [1.29, 1.82) is 0 Å². The molecule has 0 N–H and O–H groups in total. The van der Waals surface area contributed by atoms with E-state index in [0.29, 0.717) is 6.07 Å². The molecule has 0 atom stereocenters. The van der Waals surface area contributed by atoms with Gasteiger partial charge in [0.25, 0.3) is 0 Å². The summed E-state index contributed by atoms with van der Waals surface area (Å²) in [6, 6.07) is 0.603. The largest absolute Gasteiger partial charge is 0.206 e. The first-order chi connectivity index (χ1) is 6.25. The maximum absolute atomic E-state index is 13.4. The zero-order valence-corrected chi connectivity index (χ0v) is 8.85. The second-order valence-corrected chi connectivity index (χ2v) is 4.47. The highest BCUT2D eigenvalue weighted by Crippen LogP contribution is 2.32. The van der Waals surface area contributed by atoms with Crippen molar-refractivity contribution in [3.05, 3.63) is 34.1 Å². The number of halogens is 4. The molecule has 4 heteroatoms. The molecule has 0 fully saturated rings. The molecule has 0 aliphatic heterocycles. The Labute approximate surface area is 85.7 Å². The molecule has 0 unspecified atom stereocenters. The Morgan fingerprint density at radius 2 is 1.57 bits per heavy atom. The molecule has 14 heavy (non-hydrogen) atoms. The Bertz CT molecular complexity index is 367. The van der Waals surface area contributed by atoms with E-state index in [2.05, 4.69) is 0 Å². The zero-order valence-electron chi connectivity index (χ0n) is 8.09. The third kappa shape index (κ3) is 1.87. The molecule has 1 aromatic carbocycles. The molecule has 0 radical (unpaired) electrons. The van der Waals surface area contributed by atoms with Crippen molar-refractivity contribution in [1.82, 2.24) is 0 Å². The second kappa shape index (κ2) is 3.46. The third-order valence-electron chi connectivity index (χ3n) is 1.86. The van der Waals surface area contributed by atoms with Gasteiger partial charge in [-0.3, -0.25) is 0 Å². The number of rotatable bonds is 0. The summed E-state index contributed by atoms with van der Waals surface area (Å²) >= 11 is 5.34. The van der Waals surface area contributed by atoms with Crippen LogP contribution in [0.4, 0.5) is 13.2 Å². The topological polar surface area (TPSA) is 0 Å². The Kier molecular flexibility index (Phi) is 2.81. The third-order valence-corrected chi connectivity index (χ3v) is 2.21. The minimum atomic E-state index is -1.07. The van der Waals surface area contributed by atoms with Crippen LogP contribution in [0.2, 0.25) is 5.02 Å². The van der Waals surface area contributed by atoms with Crippen molar-refractivity contribution in [3.63, 3.8) is 0 Å². The predicted octanol–water partition coefficient (Wildman–Crippen LogP) is 4.05. The fraction of sp³-hybridized carbons (Fsp3) is 0.400. The number of benzene rings is 1. The Morgan fingerprint density at radius 3 is 2.00 bits per heavy atom. The molecule has 0 heterocycles. The van der Waals surface area contributed by atoms with Crippen molar-refractivity contribution in [3.8, 4) is 0 Å². The van der Waals surface area contributed by atoms with Crippen LogP contribution >= 0.6 is 11.6 Å². The lowest BCUT2D eigenvalue weighted by atomic mass is 9.86. The van der Waals surface area contributed by atoms with Crippen LogP contribution in [-0.2, 0) is 5.41 Å². The molecule has 0 aromatic heterocycles. The summed E-state index contributed by atoms with van der Waals surface area (Å²) < 4.78 is 39.5. The first-order valence-corrected chi connectivity index (χ1v) is 4.46. The fourth-order valence-electron chi connectivity index (χ4n) is 1.25. The van der Waals surface area contributed by atoms with Crippen LogP contribution < -0.4 is 0 Å². The lowest BCUT2D eigenvalue weighted by molar-refractivity contribution is 0.463. The molecule has 1 rings (SSSR count). The average molecular weight is 223 g/mol. The van der Waals surface area contributed by atoms with Gasteiger partial charge < -0.3 is 0 Å². The first-order valence-electron chi connectivity index (χ1n) is 4.08. The number of hydrogen-bond acceptors (Lipinski definition) is 0. The van der Waals surface area contributed by atoms with Crippen molar-refractivity contribution < 1.29 is 13.2 Å². The molecular weight excluding hydrogens is 213 g/mol. The highest BCUT2D eigenvalue weighted by atomic mass is 35.5. The van der Waals surface area contributed by atoms with E-state index < -0.39 is 27.9 Å². The molecule has 78 valence electrons. The quantitative estimate of drug-likeness (QED) is 0.459. The summed E-state index contributed by atoms with van der Waals surface area (Å²) in [6.45, 7) is 4.88. The van der Waals surface area contributed by atoms with Crippen molar-refractivity contribution >= 4 is 11.6 Å². The highest BCUT2D eigenvalue weighted by Gasteiger charge is 2.26. The Balaban J connectivity index is 3.53. The standard InChI is InChI=1S/C10H10ClF3/c1-10(2,3)7-5(12)4-6(13)8(11)9(7)14/h4H,1-3H3.